The molecule has 1 aliphatic heterocycles. The van der Waals surface area contributed by atoms with Crippen molar-refractivity contribution in [1.82, 2.24) is 4.90 Å². The van der Waals surface area contributed by atoms with Crippen molar-refractivity contribution in [3.63, 3.8) is 0 Å². The smallest absolute Gasteiger partial charge is 0.222 e. The van der Waals surface area contributed by atoms with Gasteiger partial charge in [0.25, 0.3) is 0 Å². The lowest BCUT2D eigenvalue weighted by Crippen LogP contribution is -2.30. The van der Waals surface area contributed by atoms with Crippen LogP contribution in [0.25, 0.3) is 0 Å². The summed E-state index contributed by atoms with van der Waals surface area (Å²) in [6, 6.07) is 0. The maximum absolute atomic E-state index is 11.7. The predicted octanol–water partition coefficient (Wildman–Crippen LogP) is 0.377. The van der Waals surface area contributed by atoms with E-state index in [1.54, 1.807) is 18.7 Å². The van der Waals surface area contributed by atoms with Crippen molar-refractivity contribution in [2.45, 2.75) is 45.3 Å². The summed E-state index contributed by atoms with van der Waals surface area (Å²) in [5.41, 5.74) is 0. The molecule has 2 N–H and O–H groups in total. The maximum Gasteiger partial charge on any atom is 0.222 e. The summed E-state index contributed by atoms with van der Waals surface area (Å²) in [6.07, 6.45) is 1.07. The molecule has 1 amide bonds. The van der Waals surface area contributed by atoms with Crippen LogP contribution in [0.3, 0.4) is 0 Å². The van der Waals surface area contributed by atoms with Gasteiger partial charge in [-0.1, -0.05) is 0 Å². The summed E-state index contributed by atoms with van der Waals surface area (Å²) in [5.74, 6) is 0.319. The molecule has 88 valence electrons. The van der Waals surface area contributed by atoms with Gasteiger partial charge in [-0.15, -0.1) is 0 Å². The number of rotatable bonds is 4. The molecule has 0 aromatic heterocycles. The third-order valence-corrected chi connectivity index (χ3v) is 3.04. The number of nitrogens with zero attached hydrogens (tertiary/aromatic N) is 1. The highest BCUT2D eigenvalue weighted by Crippen LogP contribution is 2.20. The Hall–Kier alpha value is -0.610. The molecule has 4 heteroatoms. The van der Waals surface area contributed by atoms with Crippen LogP contribution in [0, 0.1) is 5.92 Å². The first kappa shape index (κ1) is 12.5. The molecule has 0 aromatic carbocycles. The van der Waals surface area contributed by atoms with Crippen LogP contribution in [0.5, 0.6) is 0 Å². The third kappa shape index (κ3) is 3.80. The zero-order chi connectivity index (χ0) is 11.4. The number of likely N-dealkylation sites (tertiary alicyclic amines) is 1. The lowest BCUT2D eigenvalue weighted by atomic mass is 10.0. The highest BCUT2D eigenvalue weighted by Gasteiger charge is 2.28. The van der Waals surface area contributed by atoms with Gasteiger partial charge in [0.05, 0.1) is 12.2 Å². The van der Waals surface area contributed by atoms with E-state index < -0.39 is 6.10 Å². The molecule has 1 saturated heterocycles. The zero-order valence-corrected chi connectivity index (χ0v) is 9.52. The molecule has 1 rings (SSSR count). The summed E-state index contributed by atoms with van der Waals surface area (Å²) in [7, 11) is 0. The van der Waals surface area contributed by atoms with Gasteiger partial charge in [0.15, 0.2) is 0 Å². The molecule has 3 unspecified atom stereocenters. The van der Waals surface area contributed by atoms with Crippen LogP contribution >= 0.6 is 0 Å². The van der Waals surface area contributed by atoms with Crippen molar-refractivity contribution in [1.29, 1.82) is 0 Å². The Morgan fingerprint density at radius 2 is 2.13 bits per heavy atom. The van der Waals surface area contributed by atoms with Gasteiger partial charge in [-0.2, -0.15) is 0 Å². The first-order valence-electron chi connectivity index (χ1n) is 5.64. The molecule has 0 radical (unpaired) electrons. The fraction of sp³-hybridized carbons (Fsp3) is 0.909. The second-order valence-corrected chi connectivity index (χ2v) is 4.52. The van der Waals surface area contributed by atoms with Gasteiger partial charge in [-0.05, 0) is 26.7 Å². The van der Waals surface area contributed by atoms with E-state index >= 15 is 0 Å². The van der Waals surface area contributed by atoms with E-state index in [9.17, 15) is 9.90 Å². The Labute approximate surface area is 90.9 Å². The minimum Gasteiger partial charge on any atom is -0.393 e. The van der Waals surface area contributed by atoms with Crippen LogP contribution in [0.15, 0.2) is 0 Å². The summed E-state index contributed by atoms with van der Waals surface area (Å²) >= 11 is 0. The highest BCUT2D eigenvalue weighted by atomic mass is 16.3. The Balaban J connectivity index is 2.30. The molecule has 1 aliphatic rings. The van der Waals surface area contributed by atoms with E-state index in [1.807, 2.05) is 0 Å². The Kier molecular flexibility index (Phi) is 4.54. The number of hydrogen-bond donors (Lipinski definition) is 2. The summed E-state index contributed by atoms with van der Waals surface area (Å²) in [6.45, 7) is 4.87. The van der Waals surface area contributed by atoms with Crippen LogP contribution in [-0.2, 0) is 4.79 Å². The second kappa shape index (κ2) is 5.47. The SMILES string of the molecule is CC(O)CCC(=O)N1CCC(C(C)O)C1. The quantitative estimate of drug-likeness (QED) is 0.712. The predicted molar refractivity (Wildman–Crippen MR) is 57.3 cm³/mol. The normalized spacial score (nSPS) is 25.3. The van der Waals surface area contributed by atoms with Gasteiger partial charge in [-0.25, -0.2) is 0 Å². The fourth-order valence-electron chi connectivity index (χ4n) is 1.90. The van der Waals surface area contributed by atoms with Crippen molar-refractivity contribution in [2.24, 2.45) is 5.92 Å². The first-order chi connectivity index (χ1) is 7.00. The van der Waals surface area contributed by atoms with Gasteiger partial charge in [-0.3, -0.25) is 4.79 Å². The Morgan fingerprint density at radius 1 is 1.47 bits per heavy atom. The van der Waals surface area contributed by atoms with Gasteiger partial charge in [0, 0.05) is 25.4 Å². The fourth-order valence-corrected chi connectivity index (χ4v) is 1.90. The topological polar surface area (TPSA) is 60.8 Å². The van der Waals surface area contributed by atoms with Crippen molar-refractivity contribution in [3.8, 4) is 0 Å². The monoisotopic (exact) mass is 215 g/mol. The lowest BCUT2D eigenvalue weighted by molar-refractivity contribution is -0.130. The van der Waals surface area contributed by atoms with Crippen molar-refractivity contribution in [3.05, 3.63) is 0 Å². The minimum atomic E-state index is -0.413. The van der Waals surface area contributed by atoms with Gasteiger partial charge >= 0.3 is 0 Å². The minimum absolute atomic E-state index is 0.0963. The van der Waals surface area contributed by atoms with Crippen molar-refractivity contribution >= 4 is 5.91 Å². The average molecular weight is 215 g/mol. The average Bonchev–Trinajstić information content (AvgIpc) is 2.62. The number of amides is 1. The summed E-state index contributed by atoms with van der Waals surface area (Å²) in [4.78, 5) is 13.4. The van der Waals surface area contributed by atoms with E-state index in [4.69, 9.17) is 5.11 Å². The zero-order valence-electron chi connectivity index (χ0n) is 9.52. The van der Waals surface area contributed by atoms with Gasteiger partial charge in [0.1, 0.15) is 0 Å². The maximum atomic E-state index is 11.7. The molecule has 0 aromatic rings. The molecule has 1 heterocycles. The largest absolute Gasteiger partial charge is 0.393 e. The summed E-state index contributed by atoms with van der Waals surface area (Å²) in [5, 5.41) is 18.5. The molecule has 0 bridgehead atoms. The van der Waals surface area contributed by atoms with Gasteiger partial charge in [0.2, 0.25) is 5.91 Å². The van der Waals surface area contributed by atoms with E-state index in [1.165, 1.54) is 0 Å². The Bertz CT molecular complexity index is 216. The van der Waals surface area contributed by atoms with Crippen LogP contribution < -0.4 is 0 Å². The third-order valence-electron chi connectivity index (χ3n) is 3.04. The molecule has 3 atom stereocenters. The molecule has 0 aliphatic carbocycles. The standard InChI is InChI=1S/C11H21NO3/c1-8(13)3-4-11(15)12-6-5-10(7-12)9(2)14/h8-10,13-14H,3-7H2,1-2H3. The first-order valence-corrected chi connectivity index (χ1v) is 5.64. The summed E-state index contributed by atoms with van der Waals surface area (Å²) < 4.78 is 0. The van der Waals surface area contributed by atoms with Crippen molar-refractivity contribution < 1.29 is 15.0 Å². The second-order valence-electron chi connectivity index (χ2n) is 4.52. The number of aliphatic hydroxyl groups excluding tert-OH is 2. The van der Waals surface area contributed by atoms with E-state index in [0.29, 0.717) is 19.4 Å². The number of hydrogen-bond acceptors (Lipinski definition) is 3. The number of aliphatic hydroxyl groups is 2. The van der Waals surface area contributed by atoms with E-state index in [-0.39, 0.29) is 17.9 Å². The molecular formula is C11H21NO3. The van der Waals surface area contributed by atoms with Crippen LogP contribution in [0.1, 0.15) is 33.1 Å². The molecule has 0 saturated carbocycles. The van der Waals surface area contributed by atoms with E-state index in [2.05, 4.69) is 0 Å². The van der Waals surface area contributed by atoms with Crippen LogP contribution in [0.4, 0.5) is 0 Å². The molecule has 1 fully saturated rings. The number of carbonyl (C=O) groups is 1. The lowest BCUT2D eigenvalue weighted by Gasteiger charge is -2.18. The van der Waals surface area contributed by atoms with Crippen LogP contribution in [0.2, 0.25) is 0 Å². The van der Waals surface area contributed by atoms with Crippen LogP contribution in [-0.4, -0.2) is 46.3 Å². The van der Waals surface area contributed by atoms with Crippen molar-refractivity contribution in [2.75, 3.05) is 13.1 Å². The molecular weight excluding hydrogens is 194 g/mol. The van der Waals surface area contributed by atoms with E-state index in [0.717, 1.165) is 13.0 Å². The molecule has 0 spiro atoms. The Morgan fingerprint density at radius 3 is 2.60 bits per heavy atom. The molecule has 15 heavy (non-hydrogen) atoms. The molecule has 4 nitrogen and oxygen atoms in total. The van der Waals surface area contributed by atoms with Gasteiger partial charge < -0.3 is 15.1 Å². The highest BCUT2D eigenvalue weighted by molar-refractivity contribution is 5.76. The number of carbonyl (C=O) groups excluding carboxylic acids is 1.